The molecule has 3 amide bonds. The summed E-state index contributed by atoms with van der Waals surface area (Å²) in [6.07, 6.45) is 3.93. The van der Waals surface area contributed by atoms with Crippen LogP contribution < -0.4 is 16.4 Å². The molecule has 2 aromatic rings. The highest BCUT2D eigenvalue weighted by molar-refractivity contribution is 5.93. The first-order valence-electron chi connectivity index (χ1n) is 13.9. The first-order valence-corrected chi connectivity index (χ1v) is 13.9. The molecule has 1 unspecified atom stereocenters. The number of hydrogen-bond acceptors (Lipinski definition) is 4. The number of nitrogens with two attached hydrogens (primary N) is 1. The highest BCUT2D eigenvalue weighted by Gasteiger charge is 2.42. The van der Waals surface area contributed by atoms with Crippen LogP contribution in [0.1, 0.15) is 82.2 Å². The highest BCUT2D eigenvalue weighted by atomic mass is 16.2. The van der Waals surface area contributed by atoms with E-state index in [9.17, 15) is 14.4 Å². The Bertz CT molecular complexity index is 1200. The van der Waals surface area contributed by atoms with Crippen molar-refractivity contribution in [1.29, 1.82) is 0 Å². The number of nitrogen functional groups attached to an aromatic ring is 1. The van der Waals surface area contributed by atoms with Gasteiger partial charge in [-0.2, -0.15) is 0 Å². The fourth-order valence-corrected chi connectivity index (χ4v) is 5.52. The van der Waals surface area contributed by atoms with E-state index in [-0.39, 0.29) is 29.7 Å². The predicted molar refractivity (Wildman–Crippen MR) is 150 cm³/mol. The summed E-state index contributed by atoms with van der Waals surface area (Å²) < 4.78 is 0. The average Bonchev–Trinajstić information content (AvgIpc) is 2.89. The van der Waals surface area contributed by atoms with Gasteiger partial charge in [0, 0.05) is 24.6 Å². The number of carbonyl (C=O) groups excluding carboxylic acids is 3. The molecule has 0 fully saturated rings. The zero-order valence-corrected chi connectivity index (χ0v) is 23.3. The third-order valence-corrected chi connectivity index (χ3v) is 8.09. The van der Waals surface area contributed by atoms with Crippen LogP contribution in [-0.4, -0.2) is 34.7 Å². The zero-order valence-electron chi connectivity index (χ0n) is 23.3. The van der Waals surface area contributed by atoms with E-state index in [0.717, 1.165) is 36.0 Å². The number of fused-ring (bicyclic) bond motifs is 2. The molecular formula is C31H42N4O3. The Morgan fingerprint density at radius 3 is 2.53 bits per heavy atom. The van der Waals surface area contributed by atoms with Crippen molar-refractivity contribution in [1.82, 2.24) is 15.5 Å². The second-order valence-electron chi connectivity index (χ2n) is 12.0. The number of rotatable bonds is 6. The molecule has 7 nitrogen and oxygen atoms in total. The summed E-state index contributed by atoms with van der Waals surface area (Å²) in [5.74, 6) is -0.760. The van der Waals surface area contributed by atoms with Crippen LogP contribution in [0.4, 0.5) is 5.69 Å². The molecule has 0 spiro atoms. The van der Waals surface area contributed by atoms with Crippen molar-refractivity contribution < 1.29 is 14.4 Å². The average molecular weight is 519 g/mol. The van der Waals surface area contributed by atoms with Crippen LogP contribution in [-0.2, 0) is 33.8 Å². The van der Waals surface area contributed by atoms with Crippen LogP contribution in [0, 0.1) is 11.3 Å². The predicted octanol–water partition coefficient (Wildman–Crippen LogP) is 4.29. The lowest BCUT2D eigenvalue weighted by molar-refractivity contribution is -0.147. The number of amides is 3. The zero-order chi connectivity index (χ0) is 27.6. The van der Waals surface area contributed by atoms with E-state index in [4.69, 9.17) is 5.73 Å². The maximum absolute atomic E-state index is 14.2. The lowest BCUT2D eigenvalue weighted by Crippen LogP contribution is -2.61. The first kappa shape index (κ1) is 27.7. The van der Waals surface area contributed by atoms with Crippen LogP contribution in [0.25, 0.3) is 0 Å². The Morgan fingerprint density at radius 2 is 1.82 bits per heavy atom. The van der Waals surface area contributed by atoms with Gasteiger partial charge >= 0.3 is 0 Å². The molecule has 1 heterocycles. The van der Waals surface area contributed by atoms with E-state index < -0.39 is 17.5 Å². The number of hydrogen-bond donors (Lipinski definition) is 3. The van der Waals surface area contributed by atoms with Crippen molar-refractivity contribution >= 4 is 23.4 Å². The van der Waals surface area contributed by atoms with Gasteiger partial charge in [0.05, 0.1) is 6.04 Å². The number of benzene rings is 2. The summed E-state index contributed by atoms with van der Waals surface area (Å²) in [4.78, 5) is 42.6. The smallest absolute Gasteiger partial charge is 0.246 e. The molecule has 4 N–H and O–H groups in total. The standard InChI is InChI=1S/C31H42N4O3/c1-6-19(2)28(36)34-27(31(3,4)5)30(38)35-18-21-14-15-23(32)16-22(21)17-26(35)29(37)33-25-13-9-11-20-10-7-8-12-24(20)25/h7-8,10,12,14-16,19,25-27H,6,9,11,13,17-18,32H2,1-5H3,(H,33,37)(H,34,36)/t19-,25?,26+,27-/m1/s1. The van der Waals surface area contributed by atoms with E-state index in [2.05, 4.69) is 22.8 Å². The number of anilines is 1. The third-order valence-electron chi connectivity index (χ3n) is 8.09. The molecular weight excluding hydrogens is 476 g/mol. The van der Waals surface area contributed by atoms with Gasteiger partial charge in [0.1, 0.15) is 12.1 Å². The van der Waals surface area contributed by atoms with Gasteiger partial charge < -0.3 is 21.3 Å². The molecule has 0 bridgehead atoms. The summed E-state index contributed by atoms with van der Waals surface area (Å²) in [6.45, 7) is 9.94. The number of carbonyl (C=O) groups is 3. The van der Waals surface area contributed by atoms with Crippen molar-refractivity contribution in [3.8, 4) is 0 Å². The molecule has 0 saturated heterocycles. The van der Waals surface area contributed by atoms with Gasteiger partial charge in [0.15, 0.2) is 0 Å². The molecule has 1 aliphatic heterocycles. The number of aryl methyl sites for hydroxylation is 1. The lowest BCUT2D eigenvalue weighted by Gasteiger charge is -2.41. The van der Waals surface area contributed by atoms with E-state index in [0.29, 0.717) is 25.1 Å². The van der Waals surface area contributed by atoms with Crippen LogP contribution in [0.3, 0.4) is 0 Å². The lowest BCUT2D eigenvalue weighted by atomic mass is 9.83. The van der Waals surface area contributed by atoms with Crippen LogP contribution in [0.5, 0.6) is 0 Å². The summed E-state index contributed by atoms with van der Waals surface area (Å²) in [5, 5.41) is 6.28. The van der Waals surface area contributed by atoms with Crippen LogP contribution in [0.15, 0.2) is 42.5 Å². The monoisotopic (exact) mass is 518 g/mol. The maximum atomic E-state index is 14.2. The Morgan fingerprint density at radius 1 is 1.08 bits per heavy atom. The summed E-state index contributed by atoms with van der Waals surface area (Å²) in [6, 6.07) is 12.4. The second-order valence-corrected chi connectivity index (χ2v) is 12.0. The van der Waals surface area contributed by atoms with E-state index in [1.54, 1.807) is 4.90 Å². The SMILES string of the molecule is CC[C@@H](C)C(=O)N[C@H](C(=O)N1Cc2ccc(N)cc2C[C@H]1C(=O)NC1CCCc2ccccc21)C(C)(C)C. The molecule has 204 valence electrons. The molecule has 4 rings (SSSR count). The van der Waals surface area contributed by atoms with Gasteiger partial charge in [-0.15, -0.1) is 0 Å². The Labute approximate surface area is 226 Å². The minimum absolute atomic E-state index is 0.0878. The molecule has 4 atom stereocenters. The van der Waals surface area contributed by atoms with Crippen LogP contribution >= 0.6 is 0 Å². The molecule has 2 aromatic carbocycles. The first-order chi connectivity index (χ1) is 18.0. The van der Waals surface area contributed by atoms with E-state index in [1.807, 2.05) is 65.0 Å². The van der Waals surface area contributed by atoms with Crippen molar-refractivity contribution in [2.75, 3.05) is 5.73 Å². The van der Waals surface area contributed by atoms with Gasteiger partial charge in [-0.05, 0) is 65.5 Å². The maximum Gasteiger partial charge on any atom is 0.246 e. The molecule has 1 aliphatic carbocycles. The molecule has 2 aliphatic rings. The molecule has 38 heavy (non-hydrogen) atoms. The van der Waals surface area contributed by atoms with Crippen molar-refractivity contribution in [2.24, 2.45) is 11.3 Å². The van der Waals surface area contributed by atoms with Gasteiger partial charge in [-0.1, -0.05) is 65.0 Å². The molecule has 0 radical (unpaired) electrons. The van der Waals surface area contributed by atoms with E-state index >= 15 is 0 Å². The van der Waals surface area contributed by atoms with Gasteiger partial charge in [0.2, 0.25) is 17.7 Å². The summed E-state index contributed by atoms with van der Waals surface area (Å²) >= 11 is 0. The molecule has 0 saturated carbocycles. The Hall–Kier alpha value is -3.35. The molecule has 0 aromatic heterocycles. The number of nitrogens with zero attached hydrogens (tertiary/aromatic N) is 1. The molecule has 7 heteroatoms. The normalized spacial score (nSPS) is 20.5. The summed E-state index contributed by atoms with van der Waals surface area (Å²) in [5.41, 5.74) is 10.5. The minimum Gasteiger partial charge on any atom is -0.399 e. The van der Waals surface area contributed by atoms with Gasteiger partial charge in [-0.3, -0.25) is 14.4 Å². The van der Waals surface area contributed by atoms with E-state index in [1.165, 1.54) is 5.56 Å². The van der Waals surface area contributed by atoms with Gasteiger partial charge in [0.25, 0.3) is 0 Å². The highest BCUT2D eigenvalue weighted by Crippen LogP contribution is 2.32. The topological polar surface area (TPSA) is 105 Å². The Kier molecular flexibility index (Phi) is 8.14. The number of nitrogens with one attached hydrogen (secondary N) is 2. The quantitative estimate of drug-likeness (QED) is 0.496. The van der Waals surface area contributed by atoms with Crippen molar-refractivity contribution in [3.63, 3.8) is 0 Å². The largest absolute Gasteiger partial charge is 0.399 e. The summed E-state index contributed by atoms with van der Waals surface area (Å²) in [7, 11) is 0. The minimum atomic E-state index is -0.759. The fraction of sp³-hybridized carbons (Fsp3) is 0.516. The van der Waals surface area contributed by atoms with Gasteiger partial charge in [-0.25, -0.2) is 0 Å². The Balaban J connectivity index is 1.65. The van der Waals surface area contributed by atoms with Crippen molar-refractivity contribution in [2.45, 2.75) is 91.4 Å². The third kappa shape index (κ3) is 5.87. The fourth-order valence-electron chi connectivity index (χ4n) is 5.52. The van der Waals surface area contributed by atoms with Crippen molar-refractivity contribution in [3.05, 3.63) is 64.7 Å². The van der Waals surface area contributed by atoms with Crippen LogP contribution in [0.2, 0.25) is 0 Å². The second kappa shape index (κ2) is 11.2.